The predicted octanol–water partition coefficient (Wildman–Crippen LogP) is 4.33. The molecule has 0 bridgehead atoms. The van der Waals surface area contributed by atoms with Gasteiger partial charge in [0.1, 0.15) is 0 Å². The summed E-state index contributed by atoms with van der Waals surface area (Å²) in [6, 6.07) is 8.17. The lowest BCUT2D eigenvalue weighted by Gasteiger charge is -2.06. The van der Waals surface area contributed by atoms with Gasteiger partial charge in [-0.3, -0.25) is 4.57 Å². The number of para-hydroxylation sites is 1. The summed E-state index contributed by atoms with van der Waals surface area (Å²) in [6.45, 7) is 0. The summed E-state index contributed by atoms with van der Waals surface area (Å²) < 4.78 is 68.4. The highest BCUT2D eigenvalue weighted by molar-refractivity contribution is 5.84. The van der Waals surface area contributed by atoms with E-state index in [9.17, 15) is 22.0 Å². The van der Waals surface area contributed by atoms with E-state index < -0.39 is 40.1 Å². The molecule has 0 unspecified atom stereocenters. The van der Waals surface area contributed by atoms with Crippen molar-refractivity contribution in [2.24, 2.45) is 0 Å². The first kappa shape index (κ1) is 12.7. The molecule has 0 fully saturated rings. The first-order valence-corrected chi connectivity index (χ1v) is 5.60. The van der Waals surface area contributed by atoms with Crippen molar-refractivity contribution in [3.05, 3.63) is 65.6 Å². The van der Waals surface area contributed by atoms with E-state index in [2.05, 4.69) is 0 Å². The molecule has 1 nitrogen and oxygen atoms in total. The predicted molar refractivity (Wildman–Crippen MR) is 63.1 cm³/mol. The summed E-state index contributed by atoms with van der Waals surface area (Å²) in [5, 5.41) is -0.912. The third kappa shape index (κ3) is 1.61. The first-order valence-electron chi connectivity index (χ1n) is 5.60. The number of hydrogen-bond acceptors (Lipinski definition) is 0. The van der Waals surface area contributed by atoms with E-state index in [1.54, 1.807) is 18.2 Å². The van der Waals surface area contributed by atoms with E-state index in [1.807, 2.05) is 0 Å². The molecule has 6 heteroatoms. The van der Waals surface area contributed by atoms with Gasteiger partial charge in [0.15, 0.2) is 23.3 Å². The molecule has 1 aromatic heterocycles. The summed E-state index contributed by atoms with van der Waals surface area (Å²) in [7, 11) is 0. The fourth-order valence-corrected chi connectivity index (χ4v) is 2.10. The number of nitrogens with zero attached hydrogens (tertiary/aromatic N) is 1. The highest BCUT2D eigenvalue weighted by Gasteiger charge is 2.25. The van der Waals surface area contributed by atoms with Crippen molar-refractivity contribution < 1.29 is 22.0 Å². The molecule has 20 heavy (non-hydrogen) atoms. The molecular formula is C14H6F5N. The number of aromatic nitrogens is 1. The van der Waals surface area contributed by atoms with Crippen LogP contribution in [0.25, 0.3) is 16.6 Å². The van der Waals surface area contributed by atoms with Gasteiger partial charge in [-0.2, -0.15) is 4.39 Å². The van der Waals surface area contributed by atoms with Crippen LogP contribution in [-0.4, -0.2) is 4.57 Å². The van der Waals surface area contributed by atoms with Gasteiger partial charge in [0.25, 0.3) is 0 Å². The van der Waals surface area contributed by atoms with Crippen molar-refractivity contribution in [1.29, 1.82) is 0 Å². The quantitative estimate of drug-likeness (QED) is 0.463. The van der Waals surface area contributed by atoms with Crippen LogP contribution < -0.4 is 0 Å². The molecule has 0 aliphatic heterocycles. The lowest BCUT2D eigenvalue weighted by molar-refractivity contribution is 0.449. The van der Waals surface area contributed by atoms with E-state index in [0.29, 0.717) is 10.6 Å². The van der Waals surface area contributed by atoms with Crippen molar-refractivity contribution in [1.82, 2.24) is 4.57 Å². The third-order valence-corrected chi connectivity index (χ3v) is 2.99. The van der Waals surface area contributed by atoms with Crippen LogP contribution in [0, 0.1) is 29.2 Å². The van der Waals surface area contributed by atoms with E-state index >= 15 is 0 Å². The third-order valence-electron chi connectivity index (χ3n) is 2.99. The Labute approximate surface area is 109 Å². The highest BCUT2D eigenvalue weighted by atomic mass is 19.2. The highest BCUT2D eigenvalue weighted by Crippen LogP contribution is 2.31. The van der Waals surface area contributed by atoms with Crippen LogP contribution in [0.1, 0.15) is 0 Å². The Hall–Kier alpha value is -2.37. The van der Waals surface area contributed by atoms with Crippen LogP contribution >= 0.6 is 0 Å². The van der Waals surface area contributed by atoms with Crippen LogP contribution in [0.2, 0.25) is 0 Å². The molecule has 3 rings (SSSR count). The molecule has 0 aliphatic carbocycles. The van der Waals surface area contributed by atoms with Crippen LogP contribution in [0.5, 0.6) is 0 Å². The second-order valence-corrected chi connectivity index (χ2v) is 4.16. The summed E-state index contributed by atoms with van der Waals surface area (Å²) >= 11 is 0. The molecule has 1 heterocycles. The van der Waals surface area contributed by atoms with Gasteiger partial charge in [0.2, 0.25) is 5.95 Å². The van der Waals surface area contributed by atoms with Crippen molar-refractivity contribution in [2.45, 2.75) is 0 Å². The minimum absolute atomic E-state index is 0.171. The molecule has 0 atom stereocenters. The molecule has 2 aromatic carbocycles. The Morgan fingerprint density at radius 1 is 0.750 bits per heavy atom. The average Bonchev–Trinajstić information content (AvgIpc) is 2.69. The smallest absolute Gasteiger partial charge is 0.235 e. The normalized spacial score (nSPS) is 11.2. The fourth-order valence-electron chi connectivity index (χ4n) is 2.10. The molecule has 0 N–H and O–H groups in total. The Bertz CT molecular complexity index is 808. The first-order chi connectivity index (χ1) is 9.52. The molecule has 0 saturated carbocycles. The van der Waals surface area contributed by atoms with Gasteiger partial charge in [-0.25, -0.2) is 17.6 Å². The molecule has 0 aliphatic rings. The van der Waals surface area contributed by atoms with E-state index in [-0.39, 0.29) is 5.69 Å². The standard InChI is InChI=1S/C14H6F5N/c15-8-6-9-10(12(17)11(8)16)13(18)14(19)20(9)7-4-2-1-3-5-7/h1-6H. The maximum atomic E-state index is 13.9. The molecule has 102 valence electrons. The zero-order chi connectivity index (χ0) is 14.4. The molecule has 0 radical (unpaired) electrons. The minimum Gasteiger partial charge on any atom is -0.284 e. The number of fused-ring (bicyclic) bond motifs is 1. The Morgan fingerprint density at radius 3 is 2.05 bits per heavy atom. The maximum Gasteiger partial charge on any atom is 0.235 e. The molecule has 0 spiro atoms. The molecular weight excluding hydrogens is 277 g/mol. The summed E-state index contributed by atoms with van der Waals surface area (Å²) in [4.78, 5) is 0. The lowest BCUT2D eigenvalue weighted by atomic mass is 10.2. The van der Waals surface area contributed by atoms with Crippen molar-refractivity contribution >= 4 is 10.9 Å². The largest absolute Gasteiger partial charge is 0.284 e. The van der Waals surface area contributed by atoms with Crippen molar-refractivity contribution in [3.63, 3.8) is 0 Å². The molecule has 0 amide bonds. The van der Waals surface area contributed by atoms with Gasteiger partial charge in [0, 0.05) is 11.8 Å². The summed E-state index contributed by atoms with van der Waals surface area (Å²) in [5.41, 5.74) is -0.244. The summed E-state index contributed by atoms with van der Waals surface area (Å²) in [5.74, 6) is -8.05. The number of benzene rings is 2. The monoisotopic (exact) mass is 283 g/mol. The van der Waals surface area contributed by atoms with Gasteiger partial charge in [-0.15, -0.1) is 0 Å². The van der Waals surface area contributed by atoms with Gasteiger partial charge < -0.3 is 0 Å². The Balaban J connectivity index is 2.48. The van der Waals surface area contributed by atoms with Crippen LogP contribution in [0.4, 0.5) is 22.0 Å². The SMILES string of the molecule is Fc1cc2c(c(F)c1F)c(F)c(F)n2-c1ccccc1. The zero-order valence-corrected chi connectivity index (χ0v) is 9.80. The zero-order valence-electron chi connectivity index (χ0n) is 9.80. The van der Waals surface area contributed by atoms with Crippen molar-refractivity contribution in [3.8, 4) is 5.69 Å². The van der Waals surface area contributed by atoms with Crippen LogP contribution in [0.3, 0.4) is 0 Å². The Kier molecular flexibility index (Phi) is 2.74. The number of halogens is 5. The van der Waals surface area contributed by atoms with Crippen molar-refractivity contribution in [2.75, 3.05) is 0 Å². The van der Waals surface area contributed by atoms with E-state index in [1.165, 1.54) is 12.1 Å². The van der Waals surface area contributed by atoms with E-state index in [4.69, 9.17) is 0 Å². The van der Waals surface area contributed by atoms with Crippen LogP contribution in [-0.2, 0) is 0 Å². The number of hydrogen-bond donors (Lipinski definition) is 0. The maximum absolute atomic E-state index is 13.9. The van der Waals surface area contributed by atoms with Crippen LogP contribution in [0.15, 0.2) is 36.4 Å². The topological polar surface area (TPSA) is 4.93 Å². The van der Waals surface area contributed by atoms with Gasteiger partial charge >= 0.3 is 0 Å². The molecule has 0 saturated heterocycles. The van der Waals surface area contributed by atoms with Gasteiger partial charge in [-0.1, -0.05) is 18.2 Å². The summed E-state index contributed by atoms with van der Waals surface area (Å²) in [6.07, 6.45) is 0. The Morgan fingerprint density at radius 2 is 1.40 bits per heavy atom. The van der Waals surface area contributed by atoms with Gasteiger partial charge in [0.05, 0.1) is 10.9 Å². The fraction of sp³-hybridized carbons (Fsp3) is 0. The van der Waals surface area contributed by atoms with E-state index in [0.717, 1.165) is 0 Å². The number of rotatable bonds is 1. The lowest BCUT2D eigenvalue weighted by Crippen LogP contribution is -1.98. The molecule has 3 aromatic rings. The van der Waals surface area contributed by atoms with Gasteiger partial charge in [-0.05, 0) is 12.1 Å². The minimum atomic E-state index is -1.83. The second kappa shape index (κ2) is 4.33. The second-order valence-electron chi connectivity index (χ2n) is 4.16. The average molecular weight is 283 g/mol.